The second-order valence-electron chi connectivity index (χ2n) is 14.0. The third-order valence-electron chi connectivity index (χ3n) is 10.5. The SMILES string of the molecule is Cc1[nH]c(/C=C2\C(=O)Nc3ccc(F)cc32)c(C)c1C(=O)NCCN1CCN(C(=O)CCCNc2cccc3c2C(=O)N(C2CCC(=O)NC2=O)C3=O)CC1. The van der Waals surface area contributed by atoms with Gasteiger partial charge in [0.25, 0.3) is 23.6 Å². The first kappa shape index (κ1) is 37.2. The van der Waals surface area contributed by atoms with E-state index in [1.165, 1.54) is 24.3 Å². The molecule has 7 amide bonds. The number of anilines is 2. The number of nitrogens with zero attached hydrogens (tertiary/aromatic N) is 3. The molecule has 1 atom stereocenters. The van der Waals surface area contributed by atoms with E-state index in [4.69, 9.17) is 0 Å². The number of imide groups is 2. The molecule has 15 nitrogen and oxygen atoms in total. The molecule has 0 saturated carbocycles. The van der Waals surface area contributed by atoms with E-state index >= 15 is 0 Å². The number of amides is 7. The highest BCUT2D eigenvalue weighted by molar-refractivity contribution is 6.35. The summed E-state index contributed by atoms with van der Waals surface area (Å²) in [5.41, 5.74) is 4.52. The van der Waals surface area contributed by atoms with Gasteiger partial charge in [0.2, 0.25) is 17.7 Å². The smallest absolute Gasteiger partial charge is 0.264 e. The van der Waals surface area contributed by atoms with Gasteiger partial charge in [0.15, 0.2) is 0 Å². The maximum atomic E-state index is 13.9. The molecule has 0 bridgehead atoms. The Morgan fingerprint density at radius 2 is 1.73 bits per heavy atom. The van der Waals surface area contributed by atoms with E-state index in [1.807, 2.05) is 4.90 Å². The van der Waals surface area contributed by atoms with Gasteiger partial charge < -0.3 is 25.8 Å². The molecule has 286 valence electrons. The summed E-state index contributed by atoms with van der Waals surface area (Å²) in [6.07, 6.45) is 2.53. The minimum absolute atomic E-state index is 0.0104. The van der Waals surface area contributed by atoms with Crippen molar-refractivity contribution in [3.8, 4) is 0 Å². The van der Waals surface area contributed by atoms with Crippen LogP contribution >= 0.6 is 0 Å². The predicted molar refractivity (Wildman–Crippen MR) is 199 cm³/mol. The highest BCUT2D eigenvalue weighted by atomic mass is 19.1. The van der Waals surface area contributed by atoms with Gasteiger partial charge in [0, 0.05) is 87.0 Å². The Morgan fingerprint density at radius 3 is 2.49 bits per heavy atom. The number of carbonyl (C=O) groups is 7. The first-order chi connectivity index (χ1) is 26.4. The predicted octanol–water partition coefficient (Wildman–Crippen LogP) is 2.43. The first-order valence-corrected chi connectivity index (χ1v) is 18.3. The number of fused-ring (bicyclic) bond motifs is 2. The van der Waals surface area contributed by atoms with Gasteiger partial charge in [-0.3, -0.25) is 48.7 Å². The van der Waals surface area contributed by atoms with E-state index in [0.717, 1.165) is 4.90 Å². The highest BCUT2D eigenvalue weighted by Gasteiger charge is 2.45. The molecule has 2 aromatic carbocycles. The molecule has 2 saturated heterocycles. The molecular weight excluding hydrogens is 711 g/mol. The molecule has 16 heteroatoms. The van der Waals surface area contributed by atoms with E-state index in [9.17, 15) is 38.0 Å². The fourth-order valence-electron chi connectivity index (χ4n) is 7.63. The molecule has 3 aromatic rings. The number of H-pyrrole nitrogens is 1. The summed E-state index contributed by atoms with van der Waals surface area (Å²) in [4.78, 5) is 97.3. The Balaban J connectivity index is 0.843. The Labute approximate surface area is 315 Å². The van der Waals surface area contributed by atoms with E-state index in [-0.39, 0.29) is 48.1 Å². The van der Waals surface area contributed by atoms with Crippen LogP contribution in [-0.2, 0) is 19.2 Å². The molecule has 4 aliphatic heterocycles. The molecule has 4 aliphatic rings. The number of aryl methyl sites for hydroxylation is 1. The van der Waals surface area contributed by atoms with Crippen LogP contribution in [0.4, 0.5) is 15.8 Å². The van der Waals surface area contributed by atoms with Crippen molar-refractivity contribution in [1.82, 2.24) is 30.3 Å². The summed E-state index contributed by atoms with van der Waals surface area (Å²) < 4.78 is 13.9. The van der Waals surface area contributed by atoms with Gasteiger partial charge in [-0.2, -0.15) is 0 Å². The molecule has 1 aromatic heterocycles. The first-order valence-electron chi connectivity index (χ1n) is 18.3. The third kappa shape index (κ3) is 7.36. The summed E-state index contributed by atoms with van der Waals surface area (Å²) in [5.74, 6) is -3.30. The van der Waals surface area contributed by atoms with Gasteiger partial charge in [-0.15, -0.1) is 0 Å². The summed E-state index contributed by atoms with van der Waals surface area (Å²) in [6, 6.07) is 7.93. The molecule has 55 heavy (non-hydrogen) atoms. The summed E-state index contributed by atoms with van der Waals surface area (Å²) in [7, 11) is 0. The monoisotopic (exact) mass is 752 g/mol. The van der Waals surface area contributed by atoms with Crippen LogP contribution in [0, 0.1) is 19.7 Å². The molecule has 1 unspecified atom stereocenters. The molecular formula is C39H41FN8O7. The average Bonchev–Trinajstić information content (AvgIpc) is 3.72. The fraction of sp³-hybridized carbons (Fsp3) is 0.359. The van der Waals surface area contributed by atoms with Gasteiger partial charge in [-0.05, 0) is 68.7 Å². The number of hydrogen-bond acceptors (Lipinski definition) is 9. The lowest BCUT2D eigenvalue weighted by Crippen LogP contribution is -2.54. The van der Waals surface area contributed by atoms with Gasteiger partial charge in [-0.1, -0.05) is 6.07 Å². The summed E-state index contributed by atoms with van der Waals surface area (Å²) in [6.45, 7) is 7.37. The Kier molecular flexibility index (Phi) is 10.3. The van der Waals surface area contributed by atoms with Crippen molar-refractivity contribution in [3.05, 3.63) is 81.4 Å². The van der Waals surface area contributed by atoms with Crippen molar-refractivity contribution in [1.29, 1.82) is 0 Å². The van der Waals surface area contributed by atoms with E-state index in [0.29, 0.717) is 97.3 Å². The molecule has 0 spiro atoms. The highest BCUT2D eigenvalue weighted by Crippen LogP contribution is 2.35. The Morgan fingerprint density at radius 1 is 0.945 bits per heavy atom. The topological polar surface area (TPSA) is 193 Å². The lowest BCUT2D eigenvalue weighted by Gasteiger charge is -2.34. The van der Waals surface area contributed by atoms with Crippen molar-refractivity contribution >= 4 is 64.4 Å². The van der Waals surface area contributed by atoms with Gasteiger partial charge in [0.1, 0.15) is 11.9 Å². The summed E-state index contributed by atoms with van der Waals surface area (Å²) in [5, 5.41) is 11.1. The number of halogens is 1. The second kappa shape index (κ2) is 15.3. The molecule has 2 fully saturated rings. The number of rotatable bonds is 11. The van der Waals surface area contributed by atoms with Crippen molar-refractivity contribution in [3.63, 3.8) is 0 Å². The third-order valence-corrected chi connectivity index (χ3v) is 10.5. The average molecular weight is 753 g/mol. The number of aromatic amines is 1. The number of nitrogens with one attached hydrogen (secondary N) is 5. The van der Waals surface area contributed by atoms with Crippen molar-refractivity contribution in [2.45, 2.75) is 45.6 Å². The normalized spacial score (nSPS) is 19.1. The van der Waals surface area contributed by atoms with Crippen molar-refractivity contribution in [2.75, 3.05) is 56.4 Å². The Hall–Kier alpha value is -6.16. The van der Waals surface area contributed by atoms with E-state index in [1.54, 1.807) is 32.1 Å². The van der Waals surface area contributed by atoms with Crippen LogP contribution in [0.25, 0.3) is 11.6 Å². The number of carbonyl (C=O) groups excluding carboxylic acids is 7. The summed E-state index contributed by atoms with van der Waals surface area (Å²) >= 11 is 0. The van der Waals surface area contributed by atoms with E-state index in [2.05, 4.69) is 31.2 Å². The molecule has 5 N–H and O–H groups in total. The number of hydrogen-bond donors (Lipinski definition) is 5. The second-order valence-corrected chi connectivity index (χ2v) is 14.0. The lowest BCUT2D eigenvalue weighted by atomic mass is 10.0. The van der Waals surface area contributed by atoms with Crippen LogP contribution in [0.5, 0.6) is 0 Å². The molecule has 5 heterocycles. The van der Waals surface area contributed by atoms with Crippen LogP contribution in [0.1, 0.15) is 79.3 Å². The molecule has 0 aliphatic carbocycles. The maximum Gasteiger partial charge on any atom is 0.264 e. The fourth-order valence-corrected chi connectivity index (χ4v) is 7.63. The van der Waals surface area contributed by atoms with Crippen molar-refractivity contribution < 1.29 is 38.0 Å². The quantitative estimate of drug-likeness (QED) is 0.111. The standard InChI is InChI=1S/C39H41FN8O7/c1-21-29(20-26-25-19-23(40)8-9-27(25)44-35(26)51)43-22(2)33(21)37(53)42-13-14-46-15-17-47(18-16-46)32(50)7-4-12-41-28-6-3-5-24-34(28)39(55)48(38(24)54)30-10-11-31(49)45-36(30)52/h3,5-6,8-9,19-20,30,41,43H,4,7,10-18H2,1-2H3,(H,42,53)(H,44,51)(H,45,49,52)/b26-20-. The minimum Gasteiger partial charge on any atom is -0.384 e. The number of benzene rings is 2. The maximum absolute atomic E-state index is 13.9. The van der Waals surface area contributed by atoms with Gasteiger partial charge in [0.05, 0.1) is 22.3 Å². The molecule has 7 rings (SSSR count). The number of aromatic nitrogens is 1. The van der Waals surface area contributed by atoms with Crippen LogP contribution < -0.4 is 21.3 Å². The van der Waals surface area contributed by atoms with Gasteiger partial charge in [-0.25, -0.2) is 4.39 Å². The van der Waals surface area contributed by atoms with Crippen LogP contribution in [0.15, 0.2) is 36.4 Å². The zero-order valence-corrected chi connectivity index (χ0v) is 30.5. The van der Waals surface area contributed by atoms with Crippen LogP contribution in [0.3, 0.4) is 0 Å². The van der Waals surface area contributed by atoms with Crippen LogP contribution in [-0.4, -0.2) is 113 Å². The zero-order valence-electron chi connectivity index (χ0n) is 30.5. The lowest BCUT2D eigenvalue weighted by molar-refractivity contribution is -0.136. The van der Waals surface area contributed by atoms with Gasteiger partial charge >= 0.3 is 0 Å². The largest absolute Gasteiger partial charge is 0.384 e. The number of piperazine rings is 1. The van der Waals surface area contributed by atoms with Crippen LogP contribution in [0.2, 0.25) is 0 Å². The zero-order chi connectivity index (χ0) is 39.0. The van der Waals surface area contributed by atoms with E-state index < -0.39 is 35.5 Å². The Bertz CT molecular complexity index is 2170. The molecule has 0 radical (unpaired) electrons. The number of piperidine rings is 1. The minimum atomic E-state index is -1.05. The van der Waals surface area contributed by atoms with Crippen molar-refractivity contribution in [2.24, 2.45) is 0 Å².